The molecule has 0 unspecified atom stereocenters. The van der Waals surface area contributed by atoms with Gasteiger partial charge in [0.25, 0.3) is 0 Å². The lowest BCUT2D eigenvalue weighted by atomic mass is 9.78. The van der Waals surface area contributed by atoms with E-state index in [0.29, 0.717) is 43.1 Å². The molecule has 0 N–H and O–H groups in total. The van der Waals surface area contributed by atoms with E-state index in [1.54, 1.807) is 24.8 Å². The summed E-state index contributed by atoms with van der Waals surface area (Å²) in [4.78, 5) is 16.6. The number of nitrogens with zero attached hydrogens (tertiary/aromatic N) is 2. The molecule has 3 fully saturated rings. The normalized spacial score (nSPS) is 23.0. The second-order valence-corrected chi connectivity index (χ2v) is 13.9. The molecule has 1 atom stereocenters. The zero-order chi connectivity index (χ0) is 28.3. The molecule has 1 saturated carbocycles. The van der Waals surface area contributed by atoms with Crippen molar-refractivity contribution in [3.05, 3.63) is 28.3 Å². The highest BCUT2D eigenvalue weighted by Crippen LogP contribution is 2.49. The van der Waals surface area contributed by atoms with Crippen LogP contribution in [0.25, 0.3) is 0 Å². The van der Waals surface area contributed by atoms with Crippen molar-refractivity contribution in [2.75, 3.05) is 26.2 Å². The molecule has 0 radical (unpaired) electrons. The third-order valence-corrected chi connectivity index (χ3v) is 9.42. The Morgan fingerprint density at radius 1 is 1.03 bits per heavy atom. The van der Waals surface area contributed by atoms with Gasteiger partial charge in [-0.05, 0) is 115 Å². The topological polar surface area (TPSA) is 76.2 Å². The molecule has 11 heteroatoms. The lowest BCUT2D eigenvalue weighted by Crippen LogP contribution is -2.58. The standard InChI is InChI=1S/C27H39F3N2O5S/c1-17-13-22(23(19(3)18(17)2)37-38(34,35)27(28,29)30)20-8-11-31(12-9-20)21-7-10-26(14-21)15-32(16-26)24(33)36-25(4,5)6/h13,20-21H,7-12,14-16H2,1-6H3/t21-/m1/s1. The number of alkyl halides is 3. The fourth-order valence-corrected chi connectivity index (χ4v) is 6.77. The van der Waals surface area contributed by atoms with Crippen molar-refractivity contribution in [2.24, 2.45) is 5.41 Å². The quantitative estimate of drug-likeness (QED) is 0.342. The van der Waals surface area contributed by atoms with Crippen LogP contribution >= 0.6 is 0 Å². The zero-order valence-corrected chi connectivity index (χ0v) is 23.9. The Morgan fingerprint density at radius 3 is 2.18 bits per heavy atom. The molecule has 214 valence electrons. The maximum absolute atomic E-state index is 13.1. The summed E-state index contributed by atoms with van der Waals surface area (Å²) in [5.74, 6) is -0.273. The Hall–Kier alpha value is -2.01. The van der Waals surface area contributed by atoms with E-state index in [1.807, 2.05) is 27.7 Å². The largest absolute Gasteiger partial charge is 0.534 e. The molecule has 2 saturated heterocycles. The molecule has 3 aliphatic rings. The van der Waals surface area contributed by atoms with Gasteiger partial charge in [-0.3, -0.25) is 0 Å². The van der Waals surface area contributed by atoms with Crippen molar-refractivity contribution in [2.45, 2.75) is 96.7 Å². The van der Waals surface area contributed by atoms with Crippen LogP contribution in [0.2, 0.25) is 0 Å². The number of rotatable bonds is 4. The van der Waals surface area contributed by atoms with Crippen molar-refractivity contribution in [3.8, 4) is 5.75 Å². The molecule has 4 rings (SSSR count). The summed E-state index contributed by atoms with van der Waals surface area (Å²) in [6.07, 6.45) is 4.27. The minimum atomic E-state index is -5.77. The van der Waals surface area contributed by atoms with Gasteiger partial charge in [-0.15, -0.1) is 0 Å². The van der Waals surface area contributed by atoms with E-state index < -0.39 is 21.2 Å². The predicted octanol–water partition coefficient (Wildman–Crippen LogP) is 5.81. The molecule has 38 heavy (non-hydrogen) atoms. The summed E-state index contributed by atoms with van der Waals surface area (Å²) in [6.45, 7) is 13.8. The van der Waals surface area contributed by atoms with E-state index in [9.17, 15) is 26.4 Å². The fourth-order valence-electron chi connectivity index (χ4n) is 6.23. The monoisotopic (exact) mass is 560 g/mol. The number of aryl methyl sites for hydroxylation is 1. The number of carbonyl (C=O) groups excluding carboxylic acids is 1. The van der Waals surface area contributed by atoms with Crippen LogP contribution in [0, 0.1) is 26.2 Å². The first kappa shape index (κ1) is 29.0. The van der Waals surface area contributed by atoms with Crippen LogP contribution in [0.1, 0.15) is 81.0 Å². The number of amides is 1. The van der Waals surface area contributed by atoms with E-state index in [2.05, 4.69) is 4.90 Å². The van der Waals surface area contributed by atoms with E-state index in [0.717, 1.165) is 43.5 Å². The molecule has 1 aromatic rings. The number of hydrogen-bond donors (Lipinski definition) is 0. The summed E-state index contributed by atoms with van der Waals surface area (Å²) < 4.78 is 73.3. The minimum Gasteiger partial charge on any atom is -0.444 e. The molecular weight excluding hydrogens is 521 g/mol. The summed E-state index contributed by atoms with van der Waals surface area (Å²) in [7, 11) is -5.77. The van der Waals surface area contributed by atoms with Gasteiger partial charge in [0.05, 0.1) is 0 Å². The molecule has 1 spiro atoms. The van der Waals surface area contributed by atoms with Crippen LogP contribution in [0.5, 0.6) is 5.75 Å². The van der Waals surface area contributed by atoms with Gasteiger partial charge in [0, 0.05) is 24.5 Å². The van der Waals surface area contributed by atoms with Crippen LogP contribution in [0.4, 0.5) is 18.0 Å². The highest BCUT2D eigenvalue weighted by molar-refractivity contribution is 7.88. The lowest BCUT2D eigenvalue weighted by Gasteiger charge is -2.48. The Balaban J connectivity index is 1.40. The van der Waals surface area contributed by atoms with Gasteiger partial charge < -0.3 is 18.7 Å². The number of benzene rings is 1. The predicted molar refractivity (Wildman–Crippen MR) is 138 cm³/mol. The van der Waals surface area contributed by atoms with Crippen molar-refractivity contribution in [1.82, 2.24) is 9.80 Å². The smallest absolute Gasteiger partial charge is 0.444 e. The summed E-state index contributed by atoms with van der Waals surface area (Å²) in [5.41, 5.74) is -3.29. The molecular formula is C27H39F3N2O5S. The highest BCUT2D eigenvalue weighted by atomic mass is 32.2. The Morgan fingerprint density at radius 2 is 1.63 bits per heavy atom. The van der Waals surface area contributed by atoms with Gasteiger partial charge in [0.15, 0.2) is 0 Å². The number of piperidine rings is 1. The molecule has 2 heterocycles. The van der Waals surface area contributed by atoms with Crippen LogP contribution in [0.15, 0.2) is 6.07 Å². The summed E-state index contributed by atoms with van der Waals surface area (Å²) in [6, 6.07) is 2.19. The Kier molecular flexibility index (Phi) is 7.53. The fraction of sp³-hybridized carbons (Fsp3) is 0.741. The van der Waals surface area contributed by atoms with Gasteiger partial charge in [-0.1, -0.05) is 6.07 Å². The third-order valence-electron chi connectivity index (χ3n) is 8.47. The number of carbonyl (C=O) groups is 1. The number of likely N-dealkylation sites (tertiary alicyclic amines) is 2. The van der Waals surface area contributed by atoms with Gasteiger partial charge in [0.2, 0.25) is 0 Å². The van der Waals surface area contributed by atoms with Gasteiger partial charge in [-0.25, -0.2) is 4.79 Å². The lowest BCUT2D eigenvalue weighted by molar-refractivity contribution is -0.0500. The minimum absolute atomic E-state index is 0.0931. The molecule has 7 nitrogen and oxygen atoms in total. The zero-order valence-electron chi connectivity index (χ0n) is 23.1. The van der Waals surface area contributed by atoms with E-state index in [-0.39, 0.29) is 23.2 Å². The first-order valence-corrected chi connectivity index (χ1v) is 14.7. The van der Waals surface area contributed by atoms with Crippen molar-refractivity contribution < 1.29 is 35.3 Å². The highest BCUT2D eigenvalue weighted by Gasteiger charge is 2.52. The average Bonchev–Trinajstić information content (AvgIpc) is 3.22. The molecule has 1 aliphatic carbocycles. The SMILES string of the molecule is Cc1cc(C2CCN([C@@H]3CCC4(C3)CN(C(=O)OC(C)(C)C)C4)CC2)c(OS(=O)(=O)C(F)(F)F)c(C)c1C. The Bertz CT molecular complexity index is 1180. The van der Waals surface area contributed by atoms with E-state index in [1.165, 1.54) is 0 Å². The maximum Gasteiger partial charge on any atom is 0.534 e. The summed E-state index contributed by atoms with van der Waals surface area (Å²) >= 11 is 0. The van der Waals surface area contributed by atoms with E-state index in [4.69, 9.17) is 8.92 Å². The Labute approximate surface area is 223 Å². The van der Waals surface area contributed by atoms with Crippen LogP contribution in [0.3, 0.4) is 0 Å². The van der Waals surface area contributed by atoms with Crippen molar-refractivity contribution in [3.63, 3.8) is 0 Å². The van der Waals surface area contributed by atoms with Crippen molar-refractivity contribution >= 4 is 16.2 Å². The van der Waals surface area contributed by atoms with Crippen molar-refractivity contribution in [1.29, 1.82) is 0 Å². The number of halogens is 3. The second-order valence-electron chi connectivity index (χ2n) is 12.4. The second kappa shape index (κ2) is 9.87. The van der Waals surface area contributed by atoms with Crippen LogP contribution in [-0.2, 0) is 14.9 Å². The maximum atomic E-state index is 13.1. The van der Waals surface area contributed by atoms with Crippen LogP contribution < -0.4 is 4.18 Å². The first-order valence-electron chi connectivity index (χ1n) is 13.2. The molecule has 1 aromatic carbocycles. The van der Waals surface area contributed by atoms with Gasteiger partial charge in [-0.2, -0.15) is 21.6 Å². The molecule has 2 aliphatic heterocycles. The van der Waals surface area contributed by atoms with E-state index >= 15 is 0 Å². The van der Waals surface area contributed by atoms with Gasteiger partial charge >= 0.3 is 21.7 Å². The molecule has 1 amide bonds. The average molecular weight is 561 g/mol. The van der Waals surface area contributed by atoms with Gasteiger partial charge in [0.1, 0.15) is 11.4 Å². The number of hydrogen-bond acceptors (Lipinski definition) is 6. The first-order chi connectivity index (χ1) is 17.4. The molecule has 0 aromatic heterocycles. The molecule has 0 bridgehead atoms. The third kappa shape index (κ3) is 5.78. The summed E-state index contributed by atoms with van der Waals surface area (Å²) in [5, 5.41) is 0. The number of ether oxygens (including phenoxy) is 1. The van der Waals surface area contributed by atoms with Crippen LogP contribution in [-0.4, -0.2) is 67.6 Å².